The number of amides is 4. The smallest absolute Gasteiger partial charge is 0.407 e. The van der Waals surface area contributed by atoms with Crippen LogP contribution in [0.25, 0.3) is 0 Å². The third-order valence-electron chi connectivity index (χ3n) is 7.17. The molecule has 2 aliphatic heterocycles. The number of nitrogens with one attached hydrogen (secondary N) is 3. The number of nitrogens with zero attached hydrogens (tertiary/aromatic N) is 2. The van der Waals surface area contributed by atoms with Gasteiger partial charge in [-0.3, -0.25) is 14.4 Å². The quantitative estimate of drug-likeness (QED) is 0.274. The number of thiocarbonyl (C=S) groups is 1. The lowest BCUT2D eigenvalue weighted by molar-refractivity contribution is -0.143. The number of carboxylic acid groups (broad SMARTS) is 1. The summed E-state index contributed by atoms with van der Waals surface area (Å²) in [5.74, 6) is 1.85. The fraction of sp³-hybridized carbons (Fsp3) is 0.519. The molecule has 2 heterocycles. The van der Waals surface area contributed by atoms with Crippen LogP contribution in [0.5, 0.6) is 0 Å². The topological polar surface area (TPSA) is 131 Å². The SMILES string of the molecule is C#CCNC(=O)[C@@H](NC(=O)[C@H]1N2C(=O)[C@@H](NC(=S)C(C)N(C)C(=O)O)CCS[C@H]2CC1(C)C)c1ccccc1. The van der Waals surface area contributed by atoms with Crippen molar-refractivity contribution in [2.75, 3.05) is 19.3 Å². The summed E-state index contributed by atoms with van der Waals surface area (Å²) in [6.07, 6.45) is 5.24. The zero-order chi connectivity index (χ0) is 28.9. The molecule has 2 aliphatic rings. The van der Waals surface area contributed by atoms with E-state index < -0.39 is 47.5 Å². The minimum atomic E-state index is -1.13. The highest BCUT2D eigenvalue weighted by atomic mass is 32.2. The Morgan fingerprint density at radius 3 is 2.59 bits per heavy atom. The molecule has 1 unspecified atom stereocenters. The van der Waals surface area contributed by atoms with Gasteiger partial charge in [0.1, 0.15) is 18.1 Å². The molecule has 39 heavy (non-hydrogen) atoms. The minimum Gasteiger partial charge on any atom is -0.465 e. The Bertz CT molecular complexity index is 1150. The second-order valence-electron chi connectivity index (χ2n) is 10.4. The first-order valence-corrected chi connectivity index (χ1v) is 14.1. The molecule has 4 N–H and O–H groups in total. The zero-order valence-corrected chi connectivity index (χ0v) is 24.1. The predicted molar refractivity (Wildman–Crippen MR) is 154 cm³/mol. The highest BCUT2D eigenvalue weighted by Gasteiger charge is 2.54. The van der Waals surface area contributed by atoms with E-state index in [1.165, 1.54) is 7.05 Å². The Balaban J connectivity index is 1.86. The van der Waals surface area contributed by atoms with Gasteiger partial charge in [0.05, 0.1) is 22.9 Å². The number of hydrogen-bond donors (Lipinski definition) is 4. The summed E-state index contributed by atoms with van der Waals surface area (Å²) >= 11 is 7.04. The molecule has 0 spiro atoms. The molecule has 210 valence electrons. The van der Waals surface area contributed by atoms with Gasteiger partial charge in [0.2, 0.25) is 17.7 Å². The molecule has 0 saturated carbocycles. The van der Waals surface area contributed by atoms with Crippen molar-refractivity contribution in [3.05, 3.63) is 35.9 Å². The zero-order valence-electron chi connectivity index (χ0n) is 22.5. The Morgan fingerprint density at radius 1 is 1.31 bits per heavy atom. The Kier molecular flexibility index (Phi) is 9.85. The lowest BCUT2D eigenvalue weighted by Crippen LogP contribution is -2.58. The number of thioether (sulfide) groups is 1. The summed E-state index contributed by atoms with van der Waals surface area (Å²) < 4.78 is 0. The van der Waals surface area contributed by atoms with Gasteiger partial charge in [0.15, 0.2) is 0 Å². The fourth-order valence-electron chi connectivity index (χ4n) is 4.89. The predicted octanol–water partition coefficient (Wildman–Crippen LogP) is 1.97. The summed E-state index contributed by atoms with van der Waals surface area (Å²) in [5, 5.41) is 17.6. The van der Waals surface area contributed by atoms with Gasteiger partial charge in [-0.25, -0.2) is 4.79 Å². The van der Waals surface area contributed by atoms with Gasteiger partial charge in [-0.05, 0) is 36.5 Å². The van der Waals surface area contributed by atoms with Gasteiger partial charge in [0.25, 0.3) is 0 Å². The second kappa shape index (κ2) is 12.7. The largest absolute Gasteiger partial charge is 0.465 e. The van der Waals surface area contributed by atoms with Gasteiger partial charge < -0.3 is 30.9 Å². The summed E-state index contributed by atoms with van der Waals surface area (Å²) in [7, 11) is 1.41. The number of terminal acetylenes is 1. The molecule has 0 aliphatic carbocycles. The van der Waals surface area contributed by atoms with Crippen molar-refractivity contribution in [1.82, 2.24) is 25.8 Å². The van der Waals surface area contributed by atoms with E-state index in [9.17, 15) is 24.3 Å². The third kappa shape index (κ3) is 6.83. The first-order valence-electron chi connectivity index (χ1n) is 12.7. The van der Waals surface area contributed by atoms with Crippen molar-refractivity contribution < 1.29 is 24.3 Å². The van der Waals surface area contributed by atoms with Crippen LogP contribution >= 0.6 is 24.0 Å². The lowest BCUT2D eigenvalue weighted by Gasteiger charge is -2.35. The molecular weight excluding hydrogens is 538 g/mol. The van der Waals surface area contributed by atoms with E-state index >= 15 is 0 Å². The first kappa shape index (κ1) is 30.2. The summed E-state index contributed by atoms with van der Waals surface area (Å²) in [5.41, 5.74) is 0.0124. The number of carbonyl (C=O) groups excluding carboxylic acids is 3. The van der Waals surface area contributed by atoms with Crippen LogP contribution in [0.4, 0.5) is 4.79 Å². The van der Waals surface area contributed by atoms with Crippen molar-refractivity contribution in [2.24, 2.45) is 5.41 Å². The van der Waals surface area contributed by atoms with Gasteiger partial charge in [-0.1, -0.05) is 62.3 Å². The van der Waals surface area contributed by atoms with Crippen LogP contribution in [0.1, 0.15) is 45.2 Å². The van der Waals surface area contributed by atoms with Gasteiger partial charge in [-0.15, -0.1) is 18.2 Å². The summed E-state index contributed by atoms with van der Waals surface area (Å²) in [6.45, 7) is 5.53. The molecule has 0 bridgehead atoms. The Labute approximate surface area is 238 Å². The van der Waals surface area contributed by atoms with E-state index in [-0.39, 0.29) is 22.8 Å². The molecule has 0 aromatic heterocycles. The number of carbonyl (C=O) groups is 4. The molecule has 12 heteroatoms. The summed E-state index contributed by atoms with van der Waals surface area (Å²) in [6, 6.07) is 5.65. The van der Waals surface area contributed by atoms with Crippen molar-refractivity contribution >= 4 is 52.8 Å². The van der Waals surface area contributed by atoms with Crippen molar-refractivity contribution in [2.45, 2.75) is 63.2 Å². The molecule has 1 aromatic rings. The third-order valence-corrected chi connectivity index (χ3v) is 8.88. The highest BCUT2D eigenvalue weighted by molar-refractivity contribution is 7.99. The monoisotopic (exact) mass is 573 g/mol. The molecule has 5 atom stereocenters. The highest BCUT2D eigenvalue weighted by Crippen LogP contribution is 2.46. The minimum absolute atomic E-state index is 0.0129. The number of benzene rings is 1. The van der Waals surface area contributed by atoms with Crippen LogP contribution in [0.3, 0.4) is 0 Å². The van der Waals surface area contributed by atoms with E-state index in [0.717, 1.165) is 4.90 Å². The second-order valence-corrected chi connectivity index (χ2v) is 12.1. The Morgan fingerprint density at radius 2 is 1.97 bits per heavy atom. The van der Waals surface area contributed by atoms with Crippen molar-refractivity contribution in [3.63, 3.8) is 0 Å². The van der Waals surface area contributed by atoms with Crippen molar-refractivity contribution in [1.29, 1.82) is 0 Å². The van der Waals surface area contributed by atoms with Crippen LogP contribution in [-0.4, -0.2) is 86.6 Å². The van der Waals surface area contributed by atoms with E-state index in [1.807, 2.05) is 19.9 Å². The first-order chi connectivity index (χ1) is 18.4. The van der Waals surface area contributed by atoms with Crippen molar-refractivity contribution in [3.8, 4) is 12.3 Å². The molecular formula is C27H35N5O5S2. The van der Waals surface area contributed by atoms with Gasteiger partial charge in [0, 0.05) is 7.05 Å². The van der Waals surface area contributed by atoms with Crippen LogP contribution in [-0.2, 0) is 14.4 Å². The molecule has 1 aromatic carbocycles. The number of hydrogen-bond acceptors (Lipinski definition) is 6. The molecule has 10 nitrogen and oxygen atoms in total. The van der Waals surface area contributed by atoms with E-state index in [1.54, 1.807) is 47.9 Å². The maximum Gasteiger partial charge on any atom is 0.407 e. The molecule has 3 rings (SSSR count). The summed E-state index contributed by atoms with van der Waals surface area (Å²) in [4.78, 5) is 55.0. The van der Waals surface area contributed by atoms with Crippen LogP contribution < -0.4 is 16.0 Å². The van der Waals surface area contributed by atoms with Gasteiger partial charge >= 0.3 is 6.09 Å². The van der Waals surface area contributed by atoms with E-state index in [0.29, 0.717) is 24.2 Å². The maximum absolute atomic E-state index is 13.9. The molecule has 0 radical (unpaired) electrons. The average molecular weight is 574 g/mol. The lowest BCUT2D eigenvalue weighted by atomic mass is 9.83. The molecule has 2 saturated heterocycles. The number of rotatable bonds is 8. The van der Waals surface area contributed by atoms with E-state index in [2.05, 4.69) is 21.9 Å². The number of likely N-dealkylation sites (N-methyl/N-ethyl adjacent to an activating group) is 1. The fourth-order valence-corrected chi connectivity index (χ4v) is 6.77. The van der Waals surface area contributed by atoms with Crippen LogP contribution in [0.15, 0.2) is 30.3 Å². The molecule has 2 fully saturated rings. The normalized spacial score (nSPS) is 23.3. The number of fused-ring (bicyclic) bond motifs is 1. The van der Waals surface area contributed by atoms with Gasteiger partial charge in [-0.2, -0.15) is 0 Å². The Hall–Kier alpha value is -3.30. The van der Waals surface area contributed by atoms with E-state index in [4.69, 9.17) is 18.6 Å². The standard InChI is InChI=1S/C27H35N5O5S2/c1-6-13-28-22(33)20(17-10-8-7-9-11-17)30-23(34)21-27(3,4)15-19-32(21)25(35)18(12-14-39-19)29-24(38)16(2)31(5)26(36)37/h1,7-11,16,18-21H,12-15H2,2-5H3,(H,28,33)(H,29,38)(H,30,34)(H,36,37)/t16?,18-,19-,20-,21+/m0/s1. The van der Waals surface area contributed by atoms with Crippen LogP contribution in [0, 0.1) is 17.8 Å². The average Bonchev–Trinajstić information content (AvgIpc) is 3.09. The molecule has 4 amide bonds. The maximum atomic E-state index is 13.9. The van der Waals surface area contributed by atoms with Crippen LogP contribution in [0.2, 0.25) is 0 Å².